The largest absolute Gasteiger partial charge is 0.338 e. The molecule has 0 saturated carbocycles. The molecule has 0 bridgehead atoms. The Hall–Kier alpha value is -2.62. The molecule has 164 valence electrons. The third-order valence-electron chi connectivity index (χ3n) is 5.58. The molecule has 0 spiro atoms. The molecular weight excluding hydrogens is 440 g/mol. The highest BCUT2D eigenvalue weighted by Crippen LogP contribution is 2.25. The number of carbonyl (C=O) groups is 1. The van der Waals surface area contributed by atoms with Crippen molar-refractivity contribution in [1.29, 1.82) is 0 Å². The number of benzene rings is 2. The van der Waals surface area contributed by atoms with E-state index in [9.17, 15) is 18.0 Å². The number of hydrogen-bond acceptors (Lipinski definition) is 4. The van der Waals surface area contributed by atoms with Crippen molar-refractivity contribution in [2.75, 3.05) is 26.2 Å². The molecule has 0 atom stereocenters. The van der Waals surface area contributed by atoms with Gasteiger partial charge in [0.05, 0.1) is 16.1 Å². The molecule has 31 heavy (non-hydrogen) atoms. The fraction of sp³-hybridized carbons (Fsp3) is 0.333. The van der Waals surface area contributed by atoms with Gasteiger partial charge >= 0.3 is 5.69 Å². The van der Waals surface area contributed by atoms with Crippen molar-refractivity contribution >= 4 is 38.6 Å². The van der Waals surface area contributed by atoms with Gasteiger partial charge in [-0.3, -0.25) is 13.9 Å². The van der Waals surface area contributed by atoms with Crippen LogP contribution in [0.25, 0.3) is 11.0 Å². The minimum Gasteiger partial charge on any atom is -0.338 e. The third-order valence-corrected chi connectivity index (χ3v) is 7.98. The summed E-state index contributed by atoms with van der Waals surface area (Å²) < 4.78 is 30.2. The molecule has 10 heteroatoms. The lowest BCUT2D eigenvalue weighted by molar-refractivity contribution is -0.133. The van der Waals surface area contributed by atoms with Gasteiger partial charge in [0.25, 0.3) is 0 Å². The smallest absolute Gasteiger partial charge is 0.329 e. The Balaban J connectivity index is 1.49. The molecular formula is C21H23ClN4O4S. The highest BCUT2D eigenvalue weighted by Gasteiger charge is 2.31. The summed E-state index contributed by atoms with van der Waals surface area (Å²) in [6.07, 6.45) is 0. The van der Waals surface area contributed by atoms with Gasteiger partial charge in [0, 0.05) is 32.7 Å². The number of fused-ring (bicyclic) bond motifs is 1. The zero-order chi connectivity index (χ0) is 22.2. The van der Waals surface area contributed by atoms with Crippen LogP contribution in [0.1, 0.15) is 6.92 Å². The number of imidazole rings is 1. The Morgan fingerprint density at radius 3 is 2.13 bits per heavy atom. The van der Waals surface area contributed by atoms with Crippen LogP contribution in [0.5, 0.6) is 0 Å². The molecule has 1 aliphatic heterocycles. The lowest BCUT2D eigenvalue weighted by atomic mass is 10.3. The summed E-state index contributed by atoms with van der Waals surface area (Å²) in [6, 6.07) is 13.7. The maximum atomic E-state index is 12.9. The van der Waals surface area contributed by atoms with E-state index >= 15 is 0 Å². The molecule has 0 unspecified atom stereocenters. The van der Waals surface area contributed by atoms with Gasteiger partial charge in [0.2, 0.25) is 15.9 Å². The first-order chi connectivity index (χ1) is 14.8. The maximum Gasteiger partial charge on any atom is 0.329 e. The topological polar surface area (TPSA) is 84.6 Å². The zero-order valence-corrected chi connectivity index (χ0v) is 18.6. The van der Waals surface area contributed by atoms with Gasteiger partial charge in [-0.2, -0.15) is 4.31 Å². The van der Waals surface area contributed by atoms with E-state index in [-0.39, 0.29) is 54.2 Å². The first-order valence-electron chi connectivity index (χ1n) is 10.0. The number of halogens is 1. The summed E-state index contributed by atoms with van der Waals surface area (Å²) in [5.74, 6) is -0.212. The third kappa shape index (κ3) is 3.88. The Labute approximate surface area is 185 Å². The molecule has 4 rings (SSSR count). The van der Waals surface area contributed by atoms with Gasteiger partial charge < -0.3 is 4.90 Å². The van der Waals surface area contributed by atoms with E-state index in [2.05, 4.69) is 0 Å². The minimum atomic E-state index is -3.73. The molecule has 2 aromatic carbocycles. The monoisotopic (exact) mass is 462 g/mol. The van der Waals surface area contributed by atoms with Crippen molar-refractivity contribution in [3.8, 4) is 0 Å². The molecule has 3 aromatic rings. The molecule has 1 aliphatic rings. The summed E-state index contributed by atoms with van der Waals surface area (Å²) >= 11 is 6.07. The molecule has 1 amide bonds. The second kappa shape index (κ2) is 8.49. The average molecular weight is 463 g/mol. The number of rotatable bonds is 5. The van der Waals surface area contributed by atoms with Crippen LogP contribution in [0, 0.1) is 0 Å². The number of aromatic nitrogens is 2. The first kappa shape index (κ1) is 21.6. The van der Waals surface area contributed by atoms with Crippen molar-refractivity contribution in [2.45, 2.75) is 24.9 Å². The van der Waals surface area contributed by atoms with Gasteiger partial charge in [-0.15, -0.1) is 0 Å². The van der Waals surface area contributed by atoms with Crippen LogP contribution in [0.4, 0.5) is 0 Å². The minimum absolute atomic E-state index is 0.0652. The molecule has 0 radical (unpaired) electrons. The quantitative estimate of drug-likeness (QED) is 0.580. The zero-order valence-electron chi connectivity index (χ0n) is 17.1. The normalized spacial score (nSPS) is 15.5. The van der Waals surface area contributed by atoms with Crippen LogP contribution < -0.4 is 5.69 Å². The van der Waals surface area contributed by atoms with Gasteiger partial charge in [0.1, 0.15) is 11.4 Å². The SMILES string of the molecule is CCn1c(=O)n(CC(=O)N2CCN(S(=O)(=O)c3ccccc3Cl)CC2)c2ccccc21. The van der Waals surface area contributed by atoms with Crippen molar-refractivity contribution in [3.05, 3.63) is 64.0 Å². The lowest BCUT2D eigenvalue weighted by Gasteiger charge is -2.34. The fourth-order valence-electron chi connectivity index (χ4n) is 3.94. The van der Waals surface area contributed by atoms with Crippen LogP contribution in [-0.4, -0.2) is 58.8 Å². The lowest BCUT2D eigenvalue weighted by Crippen LogP contribution is -2.51. The van der Waals surface area contributed by atoms with Crippen molar-refractivity contribution in [3.63, 3.8) is 0 Å². The number of aryl methyl sites for hydroxylation is 1. The fourth-order valence-corrected chi connectivity index (χ4v) is 5.85. The second-order valence-corrected chi connectivity index (χ2v) is 9.63. The number of hydrogen-bond donors (Lipinski definition) is 0. The number of para-hydroxylation sites is 2. The van der Waals surface area contributed by atoms with Crippen LogP contribution in [-0.2, 0) is 27.9 Å². The van der Waals surface area contributed by atoms with Crippen LogP contribution in [0.2, 0.25) is 5.02 Å². The van der Waals surface area contributed by atoms with Gasteiger partial charge in [-0.25, -0.2) is 13.2 Å². The van der Waals surface area contributed by atoms with Crippen LogP contribution >= 0.6 is 11.6 Å². The first-order valence-corrected chi connectivity index (χ1v) is 11.9. The number of amides is 1. The Kier molecular flexibility index (Phi) is 5.92. The number of carbonyl (C=O) groups excluding carboxylic acids is 1. The highest BCUT2D eigenvalue weighted by molar-refractivity contribution is 7.89. The van der Waals surface area contributed by atoms with E-state index < -0.39 is 10.0 Å². The molecule has 8 nitrogen and oxygen atoms in total. The van der Waals surface area contributed by atoms with Crippen LogP contribution in [0.3, 0.4) is 0 Å². The standard InChI is InChI=1S/C21H23ClN4O4S/c1-2-25-17-8-4-5-9-18(17)26(21(25)28)15-20(27)23-11-13-24(14-12-23)31(29,30)19-10-6-3-7-16(19)22/h3-10H,2,11-15H2,1H3. The van der Waals surface area contributed by atoms with Gasteiger partial charge in [0.15, 0.2) is 0 Å². The Bertz CT molecular complexity index is 1290. The molecule has 2 heterocycles. The van der Waals surface area contributed by atoms with Crippen molar-refractivity contribution in [1.82, 2.24) is 18.3 Å². The molecule has 1 fully saturated rings. The molecule has 1 saturated heterocycles. The van der Waals surface area contributed by atoms with E-state index in [1.54, 1.807) is 27.7 Å². The van der Waals surface area contributed by atoms with E-state index in [1.807, 2.05) is 31.2 Å². The summed E-state index contributed by atoms with van der Waals surface area (Å²) in [6.45, 7) is 3.17. The Morgan fingerprint density at radius 2 is 1.52 bits per heavy atom. The van der Waals surface area contributed by atoms with Crippen molar-refractivity contribution in [2.24, 2.45) is 0 Å². The highest BCUT2D eigenvalue weighted by atomic mass is 35.5. The van der Waals surface area contributed by atoms with Crippen LogP contribution in [0.15, 0.2) is 58.2 Å². The summed E-state index contributed by atoms with van der Waals surface area (Å²) in [5.41, 5.74) is 1.28. The van der Waals surface area contributed by atoms with E-state index in [0.29, 0.717) is 12.1 Å². The van der Waals surface area contributed by atoms with Gasteiger partial charge in [-0.1, -0.05) is 35.9 Å². The summed E-state index contributed by atoms with van der Waals surface area (Å²) in [4.78, 5) is 27.3. The molecule has 1 aromatic heterocycles. The maximum absolute atomic E-state index is 12.9. The van der Waals surface area contributed by atoms with Gasteiger partial charge in [-0.05, 0) is 31.2 Å². The van der Waals surface area contributed by atoms with E-state index in [1.165, 1.54) is 14.9 Å². The predicted molar refractivity (Wildman–Crippen MR) is 119 cm³/mol. The average Bonchev–Trinajstić information content (AvgIpc) is 3.04. The molecule has 0 N–H and O–H groups in total. The van der Waals surface area contributed by atoms with Crippen molar-refractivity contribution < 1.29 is 13.2 Å². The number of piperazine rings is 1. The number of nitrogens with zero attached hydrogens (tertiary/aromatic N) is 4. The Morgan fingerprint density at radius 1 is 0.935 bits per heavy atom. The predicted octanol–water partition coefficient (Wildman–Crippen LogP) is 2.01. The van der Waals surface area contributed by atoms with E-state index in [4.69, 9.17) is 11.6 Å². The number of sulfonamides is 1. The summed E-state index contributed by atoms with van der Waals surface area (Å²) in [7, 11) is -3.73. The second-order valence-electron chi connectivity index (χ2n) is 7.32. The molecule has 0 aliphatic carbocycles. The van der Waals surface area contributed by atoms with E-state index in [0.717, 1.165) is 5.52 Å². The summed E-state index contributed by atoms with van der Waals surface area (Å²) in [5, 5.41) is 0.174.